The van der Waals surface area contributed by atoms with Crippen molar-refractivity contribution in [3.63, 3.8) is 0 Å². The summed E-state index contributed by atoms with van der Waals surface area (Å²) in [5, 5.41) is 14.7. The lowest BCUT2D eigenvalue weighted by molar-refractivity contribution is -0.121. The topological polar surface area (TPSA) is 61.4 Å². The van der Waals surface area contributed by atoms with E-state index < -0.39 is 0 Å². The van der Waals surface area contributed by atoms with E-state index in [1.807, 2.05) is 0 Å². The Balaban J connectivity index is 3.18. The van der Waals surface area contributed by atoms with Gasteiger partial charge in [-0.15, -0.1) is 0 Å². The number of unbranched alkanes of at least 4 members (excludes halogenated alkanes) is 2. The summed E-state index contributed by atoms with van der Waals surface area (Å²) in [6.45, 7) is 6.07. The molecule has 0 saturated heterocycles. The average Bonchev–Trinajstić information content (AvgIpc) is 2.24. The summed E-state index contributed by atoms with van der Waals surface area (Å²) in [6.07, 6.45) is 4.25. The van der Waals surface area contributed by atoms with E-state index in [1.54, 1.807) is 0 Å². The number of nitrogens with one attached hydrogen (secondary N) is 2. The van der Waals surface area contributed by atoms with Gasteiger partial charge in [-0.25, -0.2) is 0 Å². The Morgan fingerprint density at radius 1 is 1.12 bits per heavy atom. The summed E-state index contributed by atoms with van der Waals surface area (Å²) >= 11 is 0. The third kappa shape index (κ3) is 11.5. The van der Waals surface area contributed by atoms with Crippen molar-refractivity contribution < 1.29 is 9.90 Å². The van der Waals surface area contributed by atoms with E-state index in [1.165, 1.54) is 0 Å². The maximum Gasteiger partial charge on any atom is 0.220 e. The zero-order valence-electron chi connectivity index (χ0n) is 10.6. The van der Waals surface area contributed by atoms with Crippen molar-refractivity contribution in [1.29, 1.82) is 0 Å². The van der Waals surface area contributed by atoms with Crippen molar-refractivity contribution in [1.82, 2.24) is 10.6 Å². The van der Waals surface area contributed by atoms with Crippen LogP contribution >= 0.6 is 0 Å². The summed E-state index contributed by atoms with van der Waals surface area (Å²) in [5.74, 6) is 0.134. The van der Waals surface area contributed by atoms with Crippen molar-refractivity contribution >= 4 is 5.91 Å². The molecule has 3 N–H and O–H groups in total. The van der Waals surface area contributed by atoms with Gasteiger partial charge in [-0.2, -0.15) is 0 Å². The van der Waals surface area contributed by atoms with Crippen LogP contribution in [0.5, 0.6) is 0 Å². The highest BCUT2D eigenvalue weighted by Gasteiger charge is 2.00. The van der Waals surface area contributed by atoms with E-state index in [9.17, 15) is 4.79 Å². The van der Waals surface area contributed by atoms with E-state index in [2.05, 4.69) is 24.5 Å². The second-order valence-corrected chi connectivity index (χ2v) is 4.35. The first-order chi connectivity index (χ1) is 7.66. The van der Waals surface area contributed by atoms with Crippen molar-refractivity contribution in [2.75, 3.05) is 19.7 Å². The van der Waals surface area contributed by atoms with E-state index in [-0.39, 0.29) is 12.5 Å². The summed E-state index contributed by atoms with van der Waals surface area (Å²) in [6, 6.07) is 0.488. The molecule has 0 bridgehead atoms. The molecule has 4 heteroatoms. The Morgan fingerprint density at radius 2 is 1.88 bits per heavy atom. The van der Waals surface area contributed by atoms with Crippen molar-refractivity contribution in [2.24, 2.45) is 0 Å². The zero-order valence-corrected chi connectivity index (χ0v) is 10.6. The molecule has 96 valence electrons. The predicted octanol–water partition coefficient (Wildman–Crippen LogP) is 1.04. The van der Waals surface area contributed by atoms with Crippen LogP contribution in [0.25, 0.3) is 0 Å². The lowest BCUT2D eigenvalue weighted by Gasteiger charge is -2.08. The molecule has 1 amide bonds. The molecule has 4 nitrogen and oxygen atoms in total. The summed E-state index contributed by atoms with van der Waals surface area (Å²) in [4.78, 5) is 11.3. The first kappa shape index (κ1) is 15.4. The number of carbonyl (C=O) groups is 1. The second-order valence-electron chi connectivity index (χ2n) is 4.35. The number of aliphatic hydroxyl groups is 1. The van der Waals surface area contributed by atoms with Gasteiger partial charge in [-0.3, -0.25) is 4.79 Å². The maximum atomic E-state index is 11.3. The molecule has 0 aliphatic heterocycles. The fraction of sp³-hybridized carbons (Fsp3) is 0.917. The molecule has 0 aromatic rings. The molecule has 0 spiro atoms. The largest absolute Gasteiger partial charge is 0.396 e. The summed E-state index contributed by atoms with van der Waals surface area (Å²) in [7, 11) is 0. The van der Waals surface area contributed by atoms with Gasteiger partial charge in [0, 0.05) is 25.6 Å². The molecule has 0 radical (unpaired) electrons. The van der Waals surface area contributed by atoms with Crippen LogP contribution < -0.4 is 10.6 Å². The molecule has 0 saturated carbocycles. The Morgan fingerprint density at radius 3 is 2.50 bits per heavy atom. The third-order valence-corrected chi connectivity index (χ3v) is 2.29. The highest BCUT2D eigenvalue weighted by atomic mass is 16.2. The molecule has 0 heterocycles. The Hall–Kier alpha value is -0.610. The number of amides is 1. The quantitative estimate of drug-likeness (QED) is 0.491. The van der Waals surface area contributed by atoms with E-state index >= 15 is 0 Å². The van der Waals surface area contributed by atoms with Gasteiger partial charge in [0.05, 0.1) is 0 Å². The first-order valence-corrected chi connectivity index (χ1v) is 6.27. The first-order valence-electron chi connectivity index (χ1n) is 6.27. The van der Waals surface area contributed by atoms with Crippen LogP contribution in [0.1, 0.15) is 46.0 Å². The molecule has 0 rings (SSSR count). The fourth-order valence-corrected chi connectivity index (χ4v) is 1.37. The van der Waals surface area contributed by atoms with Gasteiger partial charge in [-0.05, 0) is 32.2 Å². The molecule has 16 heavy (non-hydrogen) atoms. The smallest absolute Gasteiger partial charge is 0.220 e. The molecule has 0 aromatic heterocycles. The number of hydrogen-bond acceptors (Lipinski definition) is 3. The minimum atomic E-state index is 0.134. The van der Waals surface area contributed by atoms with E-state index in [4.69, 9.17) is 5.11 Å². The van der Waals surface area contributed by atoms with E-state index in [0.717, 1.165) is 38.8 Å². The lowest BCUT2D eigenvalue weighted by Crippen LogP contribution is -2.27. The van der Waals surface area contributed by atoms with Crippen LogP contribution in [-0.4, -0.2) is 36.8 Å². The standard InChI is InChI=1S/C12H26N2O2/c1-11(2)13-9-6-7-12(16)14-8-4-3-5-10-15/h11,13,15H,3-10H2,1-2H3,(H,14,16). The van der Waals surface area contributed by atoms with Gasteiger partial charge in [0.2, 0.25) is 5.91 Å². The molecule has 0 aromatic carbocycles. The van der Waals surface area contributed by atoms with Crippen LogP contribution in [0, 0.1) is 0 Å². The maximum absolute atomic E-state index is 11.3. The monoisotopic (exact) mass is 230 g/mol. The normalized spacial score (nSPS) is 10.8. The summed E-state index contributed by atoms with van der Waals surface area (Å²) in [5.41, 5.74) is 0. The Kier molecular flexibility index (Phi) is 10.5. The average molecular weight is 230 g/mol. The molecular formula is C12H26N2O2. The zero-order chi connectivity index (χ0) is 12.2. The fourth-order valence-electron chi connectivity index (χ4n) is 1.37. The molecule has 0 fully saturated rings. The summed E-state index contributed by atoms with van der Waals surface area (Å²) < 4.78 is 0. The second kappa shape index (κ2) is 10.9. The van der Waals surface area contributed by atoms with Gasteiger partial charge >= 0.3 is 0 Å². The number of hydrogen-bond donors (Lipinski definition) is 3. The third-order valence-electron chi connectivity index (χ3n) is 2.29. The van der Waals surface area contributed by atoms with Crippen LogP contribution in [0.15, 0.2) is 0 Å². The van der Waals surface area contributed by atoms with Gasteiger partial charge in [0.25, 0.3) is 0 Å². The lowest BCUT2D eigenvalue weighted by atomic mass is 10.2. The highest BCUT2D eigenvalue weighted by molar-refractivity contribution is 5.75. The number of rotatable bonds is 10. The van der Waals surface area contributed by atoms with Gasteiger partial charge in [0.15, 0.2) is 0 Å². The van der Waals surface area contributed by atoms with Gasteiger partial charge < -0.3 is 15.7 Å². The van der Waals surface area contributed by atoms with Crippen LogP contribution in [0.3, 0.4) is 0 Å². The van der Waals surface area contributed by atoms with Crippen LogP contribution in [0.2, 0.25) is 0 Å². The minimum absolute atomic E-state index is 0.134. The van der Waals surface area contributed by atoms with Crippen LogP contribution in [-0.2, 0) is 4.79 Å². The molecule has 0 unspecified atom stereocenters. The van der Waals surface area contributed by atoms with Gasteiger partial charge in [0.1, 0.15) is 0 Å². The Bertz CT molecular complexity index is 172. The SMILES string of the molecule is CC(C)NCCCC(=O)NCCCCCO. The molecule has 0 atom stereocenters. The highest BCUT2D eigenvalue weighted by Crippen LogP contribution is 1.93. The predicted molar refractivity (Wildman–Crippen MR) is 66.3 cm³/mol. The van der Waals surface area contributed by atoms with E-state index in [0.29, 0.717) is 12.5 Å². The molecule has 0 aliphatic carbocycles. The van der Waals surface area contributed by atoms with Crippen molar-refractivity contribution in [2.45, 2.75) is 52.0 Å². The van der Waals surface area contributed by atoms with Crippen molar-refractivity contribution in [3.8, 4) is 0 Å². The minimum Gasteiger partial charge on any atom is -0.396 e. The van der Waals surface area contributed by atoms with Crippen molar-refractivity contribution in [3.05, 3.63) is 0 Å². The number of carbonyl (C=O) groups excluding carboxylic acids is 1. The van der Waals surface area contributed by atoms with Gasteiger partial charge in [-0.1, -0.05) is 13.8 Å². The van der Waals surface area contributed by atoms with Crippen LogP contribution in [0.4, 0.5) is 0 Å². The Labute approximate surface area is 98.8 Å². The molecular weight excluding hydrogens is 204 g/mol. The number of aliphatic hydroxyl groups excluding tert-OH is 1. The molecule has 0 aliphatic rings.